The molecule has 0 aromatic carbocycles. The van der Waals surface area contributed by atoms with Crippen LogP contribution in [-0.4, -0.2) is 13.1 Å². The van der Waals surface area contributed by atoms with Crippen molar-refractivity contribution >= 4 is 33.2 Å². The van der Waals surface area contributed by atoms with E-state index in [1.54, 1.807) is 6.07 Å². The first kappa shape index (κ1) is 10.2. The molecular formula is C8H6BrNO2S. The largest absolute Gasteiger partial charge is 0.465 e. The van der Waals surface area contributed by atoms with Crippen LogP contribution >= 0.6 is 27.3 Å². The van der Waals surface area contributed by atoms with Gasteiger partial charge in [-0.15, -0.1) is 11.3 Å². The zero-order chi connectivity index (χ0) is 9.84. The molecule has 13 heavy (non-hydrogen) atoms. The van der Waals surface area contributed by atoms with E-state index in [2.05, 4.69) is 20.7 Å². The van der Waals surface area contributed by atoms with Gasteiger partial charge in [0.2, 0.25) is 0 Å². The van der Waals surface area contributed by atoms with Gasteiger partial charge < -0.3 is 4.74 Å². The molecule has 1 rings (SSSR count). The molecule has 0 N–H and O–H groups in total. The number of carbonyl (C=O) groups is 1. The van der Waals surface area contributed by atoms with Gasteiger partial charge in [-0.1, -0.05) is 15.9 Å². The van der Waals surface area contributed by atoms with Gasteiger partial charge in [-0.05, 0) is 6.07 Å². The van der Waals surface area contributed by atoms with Crippen LogP contribution in [0.25, 0.3) is 0 Å². The summed E-state index contributed by atoms with van der Waals surface area (Å²) in [6.45, 7) is 0. The molecule has 5 heteroatoms. The van der Waals surface area contributed by atoms with Gasteiger partial charge >= 0.3 is 5.97 Å². The first-order valence-corrected chi connectivity index (χ1v) is 5.33. The molecule has 0 aliphatic heterocycles. The number of hydrogen-bond donors (Lipinski definition) is 0. The number of carbonyl (C=O) groups excluding carboxylic acids is 1. The second kappa shape index (κ2) is 4.40. The molecule has 1 aromatic heterocycles. The van der Waals surface area contributed by atoms with E-state index >= 15 is 0 Å². The summed E-state index contributed by atoms with van der Waals surface area (Å²) in [4.78, 5) is 12.4. The summed E-state index contributed by atoms with van der Waals surface area (Å²) in [5, 5.41) is 9.28. The van der Waals surface area contributed by atoms with E-state index in [0.29, 0.717) is 15.8 Å². The van der Waals surface area contributed by atoms with Gasteiger partial charge in [0.15, 0.2) is 0 Å². The quantitative estimate of drug-likeness (QED) is 0.605. The molecule has 0 saturated carbocycles. The van der Waals surface area contributed by atoms with Crippen molar-refractivity contribution in [1.29, 1.82) is 5.26 Å². The number of rotatable bonds is 2. The third kappa shape index (κ3) is 2.08. The number of nitriles is 1. The summed E-state index contributed by atoms with van der Waals surface area (Å²) in [5.41, 5.74) is 0.530. The molecule has 0 spiro atoms. The first-order chi connectivity index (χ1) is 6.22. The van der Waals surface area contributed by atoms with Crippen LogP contribution in [0.1, 0.15) is 20.1 Å². The Bertz CT molecular complexity index is 367. The summed E-state index contributed by atoms with van der Waals surface area (Å²) < 4.78 is 4.54. The predicted octanol–water partition coefficient (Wildman–Crippen LogP) is 2.30. The molecule has 0 radical (unpaired) electrons. The summed E-state index contributed by atoms with van der Waals surface area (Å²) in [5.74, 6) is -0.395. The van der Waals surface area contributed by atoms with Crippen molar-refractivity contribution < 1.29 is 9.53 Å². The van der Waals surface area contributed by atoms with E-state index in [1.165, 1.54) is 18.4 Å². The Labute approximate surface area is 88.1 Å². The molecule has 3 nitrogen and oxygen atoms in total. The zero-order valence-electron chi connectivity index (χ0n) is 6.83. The van der Waals surface area contributed by atoms with Crippen molar-refractivity contribution in [2.24, 2.45) is 0 Å². The van der Waals surface area contributed by atoms with Crippen LogP contribution in [0, 0.1) is 11.3 Å². The van der Waals surface area contributed by atoms with Crippen LogP contribution in [0.5, 0.6) is 0 Å². The van der Waals surface area contributed by atoms with E-state index in [9.17, 15) is 4.79 Å². The minimum Gasteiger partial charge on any atom is -0.465 e. The fraction of sp³-hybridized carbons (Fsp3) is 0.250. The topological polar surface area (TPSA) is 50.1 Å². The second-order valence-electron chi connectivity index (χ2n) is 2.18. The maximum atomic E-state index is 11.1. The highest BCUT2D eigenvalue weighted by molar-refractivity contribution is 9.08. The molecule has 68 valence electrons. The Balaban J connectivity index is 3.08. The Kier molecular flexibility index (Phi) is 3.46. The van der Waals surface area contributed by atoms with Crippen LogP contribution in [0.3, 0.4) is 0 Å². The maximum absolute atomic E-state index is 11.1. The molecule has 1 heterocycles. The lowest BCUT2D eigenvalue weighted by atomic mass is 10.3. The second-order valence-corrected chi connectivity index (χ2v) is 3.88. The number of thiophene rings is 1. The van der Waals surface area contributed by atoms with Gasteiger partial charge in [-0.2, -0.15) is 5.26 Å². The summed E-state index contributed by atoms with van der Waals surface area (Å²) in [6.07, 6.45) is 0. The fourth-order valence-corrected chi connectivity index (χ4v) is 2.35. The third-order valence-electron chi connectivity index (χ3n) is 1.44. The number of hydrogen-bond acceptors (Lipinski definition) is 4. The summed E-state index contributed by atoms with van der Waals surface area (Å²) in [6, 6.07) is 3.57. The fourth-order valence-electron chi connectivity index (χ4n) is 0.824. The molecule has 0 saturated heterocycles. The Morgan fingerprint density at radius 2 is 2.54 bits per heavy atom. The van der Waals surface area contributed by atoms with E-state index in [4.69, 9.17) is 5.26 Å². The van der Waals surface area contributed by atoms with Crippen LogP contribution in [0.4, 0.5) is 0 Å². The van der Waals surface area contributed by atoms with E-state index in [1.807, 2.05) is 6.07 Å². The number of halogens is 1. The Morgan fingerprint density at radius 3 is 2.92 bits per heavy atom. The standard InChI is InChI=1S/C8H6BrNO2S/c1-12-8(11)6-2-5(4-10)7(3-9)13-6/h2H,3H2,1H3. The summed E-state index contributed by atoms with van der Waals surface area (Å²) in [7, 11) is 1.32. The maximum Gasteiger partial charge on any atom is 0.348 e. The normalized spacial score (nSPS) is 9.31. The van der Waals surface area contributed by atoms with E-state index < -0.39 is 5.97 Å². The molecule has 0 amide bonds. The average Bonchev–Trinajstić information content (AvgIpc) is 2.59. The average molecular weight is 260 g/mol. The van der Waals surface area contributed by atoms with Crippen LogP contribution in [0.2, 0.25) is 0 Å². The SMILES string of the molecule is COC(=O)c1cc(C#N)c(CBr)s1. The molecule has 1 aromatic rings. The zero-order valence-corrected chi connectivity index (χ0v) is 9.24. The van der Waals surface area contributed by atoms with E-state index in [-0.39, 0.29) is 0 Å². The van der Waals surface area contributed by atoms with Crippen LogP contribution in [-0.2, 0) is 10.1 Å². The van der Waals surface area contributed by atoms with Gasteiger partial charge in [0, 0.05) is 10.2 Å². The van der Waals surface area contributed by atoms with E-state index in [0.717, 1.165) is 4.88 Å². The molecule has 0 fully saturated rings. The lowest BCUT2D eigenvalue weighted by Crippen LogP contribution is -1.96. The highest BCUT2D eigenvalue weighted by Gasteiger charge is 2.13. The van der Waals surface area contributed by atoms with Crippen molar-refractivity contribution in [2.75, 3.05) is 7.11 Å². The lowest BCUT2D eigenvalue weighted by molar-refractivity contribution is 0.0606. The van der Waals surface area contributed by atoms with Crippen molar-refractivity contribution in [2.45, 2.75) is 5.33 Å². The van der Waals surface area contributed by atoms with Gasteiger partial charge in [0.1, 0.15) is 10.9 Å². The highest BCUT2D eigenvalue weighted by atomic mass is 79.9. The van der Waals surface area contributed by atoms with Crippen LogP contribution in [0.15, 0.2) is 6.07 Å². The highest BCUT2D eigenvalue weighted by Crippen LogP contribution is 2.24. The predicted molar refractivity (Wildman–Crippen MR) is 53.0 cm³/mol. The van der Waals surface area contributed by atoms with Crippen LogP contribution < -0.4 is 0 Å². The molecule has 0 atom stereocenters. The Morgan fingerprint density at radius 1 is 1.85 bits per heavy atom. The molecule has 0 aliphatic rings. The number of alkyl halides is 1. The monoisotopic (exact) mass is 259 g/mol. The van der Waals surface area contributed by atoms with Crippen molar-refractivity contribution in [3.05, 3.63) is 21.4 Å². The van der Waals surface area contributed by atoms with Gasteiger partial charge in [0.25, 0.3) is 0 Å². The molecule has 0 unspecified atom stereocenters. The van der Waals surface area contributed by atoms with Gasteiger partial charge in [-0.25, -0.2) is 4.79 Å². The van der Waals surface area contributed by atoms with Gasteiger partial charge in [-0.3, -0.25) is 0 Å². The minimum absolute atomic E-state index is 0.395. The Hall–Kier alpha value is -0.860. The third-order valence-corrected chi connectivity index (χ3v) is 3.48. The summed E-state index contributed by atoms with van der Waals surface area (Å²) >= 11 is 4.51. The lowest BCUT2D eigenvalue weighted by Gasteiger charge is -1.91. The number of esters is 1. The van der Waals surface area contributed by atoms with Crippen molar-refractivity contribution in [3.8, 4) is 6.07 Å². The molecule has 0 aliphatic carbocycles. The number of methoxy groups -OCH3 is 1. The molecular weight excluding hydrogens is 254 g/mol. The smallest absolute Gasteiger partial charge is 0.348 e. The van der Waals surface area contributed by atoms with Gasteiger partial charge in [0.05, 0.1) is 12.7 Å². The number of nitrogens with zero attached hydrogens (tertiary/aromatic N) is 1. The molecule has 0 bridgehead atoms. The first-order valence-electron chi connectivity index (χ1n) is 3.40. The number of ether oxygens (including phenoxy) is 1. The van der Waals surface area contributed by atoms with Crippen molar-refractivity contribution in [3.63, 3.8) is 0 Å². The minimum atomic E-state index is -0.395. The van der Waals surface area contributed by atoms with Crippen molar-refractivity contribution in [1.82, 2.24) is 0 Å².